The van der Waals surface area contributed by atoms with Crippen molar-refractivity contribution in [3.8, 4) is 5.75 Å². The van der Waals surface area contributed by atoms with E-state index >= 15 is 0 Å². The van der Waals surface area contributed by atoms with Gasteiger partial charge in [-0.15, -0.1) is 0 Å². The number of hydrogen-bond acceptors (Lipinski definition) is 2. The lowest BCUT2D eigenvalue weighted by Gasteiger charge is -2.11. The minimum atomic E-state index is 0.762. The van der Waals surface area contributed by atoms with E-state index in [2.05, 4.69) is 54.2 Å². The molecular formula is C17H26BrNO. The van der Waals surface area contributed by atoms with E-state index in [4.69, 9.17) is 4.74 Å². The first-order valence-corrected chi connectivity index (χ1v) is 8.33. The summed E-state index contributed by atoms with van der Waals surface area (Å²) in [4.78, 5) is 0. The molecule has 112 valence electrons. The minimum Gasteiger partial charge on any atom is -0.493 e. The van der Waals surface area contributed by atoms with Crippen molar-refractivity contribution < 1.29 is 4.74 Å². The van der Waals surface area contributed by atoms with Crippen LogP contribution in [0.3, 0.4) is 0 Å². The minimum absolute atomic E-state index is 0.762. The predicted octanol–water partition coefficient (Wildman–Crippen LogP) is 5.03. The van der Waals surface area contributed by atoms with E-state index in [0.717, 1.165) is 48.3 Å². The molecule has 0 heterocycles. The monoisotopic (exact) mass is 339 g/mol. The largest absolute Gasteiger partial charge is 0.493 e. The molecule has 1 N–H and O–H groups in total. The second-order valence-corrected chi connectivity index (χ2v) is 5.78. The zero-order valence-electron chi connectivity index (χ0n) is 12.8. The molecule has 0 aliphatic carbocycles. The number of halogens is 1. The normalized spacial score (nSPS) is 11.7. The van der Waals surface area contributed by atoms with Gasteiger partial charge in [0.25, 0.3) is 0 Å². The van der Waals surface area contributed by atoms with Crippen molar-refractivity contribution in [1.29, 1.82) is 0 Å². The van der Waals surface area contributed by atoms with E-state index < -0.39 is 0 Å². The quantitative estimate of drug-likeness (QED) is 0.637. The van der Waals surface area contributed by atoms with E-state index in [1.54, 1.807) is 0 Å². The maximum Gasteiger partial charge on any atom is 0.126 e. The molecule has 1 aromatic rings. The molecule has 2 nitrogen and oxygen atoms in total. The molecule has 0 unspecified atom stereocenters. The van der Waals surface area contributed by atoms with Crippen LogP contribution in [0.2, 0.25) is 0 Å². The van der Waals surface area contributed by atoms with Gasteiger partial charge in [0, 0.05) is 16.6 Å². The zero-order chi connectivity index (χ0) is 14.8. The van der Waals surface area contributed by atoms with Crippen LogP contribution >= 0.6 is 15.9 Å². The number of nitrogens with one attached hydrogen (secondary N) is 1. The fraction of sp³-hybridized carbons (Fsp3) is 0.529. The third-order valence-corrected chi connectivity index (χ3v) is 3.52. The Bertz CT molecular complexity index is 429. The van der Waals surface area contributed by atoms with Crippen LogP contribution in [0, 0.1) is 0 Å². The summed E-state index contributed by atoms with van der Waals surface area (Å²) >= 11 is 3.54. The highest BCUT2D eigenvalue weighted by atomic mass is 79.9. The third-order valence-electron chi connectivity index (χ3n) is 3.03. The van der Waals surface area contributed by atoms with Crippen molar-refractivity contribution in [2.24, 2.45) is 0 Å². The molecule has 3 heteroatoms. The van der Waals surface area contributed by atoms with Gasteiger partial charge in [0.1, 0.15) is 5.75 Å². The molecule has 0 saturated carbocycles. The zero-order valence-corrected chi connectivity index (χ0v) is 14.4. The molecule has 0 aliphatic heterocycles. The molecule has 1 rings (SSSR count). The van der Waals surface area contributed by atoms with Crippen LogP contribution in [0.5, 0.6) is 5.75 Å². The Labute approximate surface area is 131 Å². The van der Waals surface area contributed by atoms with Gasteiger partial charge in [-0.25, -0.2) is 0 Å². The summed E-state index contributed by atoms with van der Waals surface area (Å²) < 4.78 is 6.91. The Balaban J connectivity index is 2.87. The molecule has 0 aromatic heterocycles. The molecule has 0 saturated heterocycles. The number of hydrogen-bond donors (Lipinski definition) is 1. The lowest BCUT2D eigenvalue weighted by atomic mass is 10.1. The van der Waals surface area contributed by atoms with Crippen molar-refractivity contribution in [3.63, 3.8) is 0 Å². The Morgan fingerprint density at radius 1 is 1.25 bits per heavy atom. The summed E-state index contributed by atoms with van der Waals surface area (Å²) in [5.74, 6) is 0.969. The molecule has 0 aliphatic rings. The van der Waals surface area contributed by atoms with Crippen LogP contribution in [-0.4, -0.2) is 19.7 Å². The molecule has 0 radical (unpaired) electrons. The highest BCUT2D eigenvalue weighted by Crippen LogP contribution is 2.26. The second-order valence-electron chi connectivity index (χ2n) is 4.86. The summed E-state index contributed by atoms with van der Waals surface area (Å²) in [6, 6.07) is 6.20. The lowest BCUT2D eigenvalue weighted by molar-refractivity contribution is 0.316. The van der Waals surface area contributed by atoms with E-state index in [-0.39, 0.29) is 0 Å². The Kier molecular flexibility index (Phi) is 8.63. The van der Waals surface area contributed by atoms with Gasteiger partial charge in [-0.05, 0) is 44.0 Å². The maximum absolute atomic E-state index is 5.83. The highest BCUT2D eigenvalue weighted by molar-refractivity contribution is 9.10. The van der Waals surface area contributed by atoms with Crippen LogP contribution in [0.4, 0.5) is 0 Å². The molecule has 20 heavy (non-hydrogen) atoms. The van der Waals surface area contributed by atoms with Crippen molar-refractivity contribution in [2.75, 3.05) is 19.7 Å². The van der Waals surface area contributed by atoms with Crippen molar-refractivity contribution in [2.45, 2.75) is 40.0 Å². The molecule has 0 bridgehead atoms. The molecule has 0 atom stereocenters. The maximum atomic E-state index is 5.83. The molecule has 0 spiro atoms. The molecule has 0 amide bonds. The van der Waals surface area contributed by atoms with E-state index in [9.17, 15) is 0 Å². The summed E-state index contributed by atoms with van der Waals surface area (Å²) in [5.41, 5.74) is 2.56. The summed E-state index contributed by atoms with van der Waals surface area (Å²) in [5, 5.41) is 3.46. The van der Waals surface area contributed by atoms with Crippen LogP contribution in [0.1, 0.15) is 45.6 Å². The van der Waals surface area contributed by atoms with Crippen LogP contribution < -0.4 is 10.1 Å². The average molecular weight is 340 g/mol. The second kappa shape index (κ2) is 10.0. The van der Waals surface area contributed by atoms with E-state index in [0.29, 0.717) is 0 Å². The standard InChI is InChI=1S/C17H26BrNO/c1-4-9-19-13-14(6-3)11-15-12-16(18)7-8-17(15)20-10-5-2/h7-8,11-12,19H,4-6,9-10,13H2,1-3H3. The summed E-state index contributed by atoms with van der Waals surface area (Å²) in [6.45, 7) is 9.29. The van der Waals surface area contributed by atoms with Crippen molar-refractivity contribution in [3.05, 3.63) is 33.8 Å². The fourth-order valence-electron chi connectivity index (χ4n) is 1.90. The fourth-order valence-corrected chi connectivity index (χ4v) is 2.28. The molecule has 0 fully saturated rings. The SMILES string of the molecule is CCCNCC(=Cc1cc(Br)ccc1OCCC)CC. The van der Waals surface area contributed by atoms with Gasteiger partial charge in [-0.2, -0.15) is 0 Å². The smallest absolute Gasteiger partial charge is 0.126 e. The van der Waals surface area contributed by atoms with E-state index in [1.165, 1.54) is 12.0 Å². The lowest BCUT2D eigenvalue weighted by Crippen LogP contribution is -2.17. The average Bonchev–Trinajstić information content (AvgIpc) is 2.45. The van der Waals surface area contributed by atoms with Gasteiger partial charge >= 0.3 is 0 Å². The summed E-state index contributed by atoms with van der Waals surface area (Å²) in [7, 11) is 0. The Hall–Kier alpha value is -0.800. The van der Waals surface area contributed by atoms with Gasteiger partial charge in [-0.1, -0.05) is 48.4 Å². The Morgan fingerprint density at radius 3 is 2.70 bits per heavy atom. The van der Waals surface area contributed by atoms with Gasteiger partial charge in [0.15, 0.2) is 0 Å². The molecule has 1 aromatic carbocycles. The molecular weight excluding hydrogens is 314 g/mol. The van der Waals surface area contributed by atoms with Crippen LogP contribution in [0.25, 0.3) is 6.08 Å². The number of rotatable bonds is 9. The highest BCUT2D eigenvalue weighted by Gasteiger charge is 2.04. The van der Waals surface area contributed by atoms with Crippen LogP contribution in [-0.2, 0) is 0 Å². The van der Waals surface area contributed by atoms with Crippen molar-refractivity contribution >= 4 is 22.0 Å². The summed E-state index contributed by atoms with van der Waals surface area (Å²) in [6.07, 6.45) is 5.49. The first-order valence-electron chi connectivity index (χ1n) is 7.53. The first kappa shape index (κ1) is 17.3. The third kappa shape index (κ3) is 6.10. The predicted molar refractivity (Wildman–Crippen MR) is 91.4 cm³/mol. The van der Waals surface area contributed by atoms with E-state index in [1.807, 2.05) is 12.1 Å². The Morgan fingerprint density at radius 2 is 2.05 bits per heavy atom. The van der Waals surface area contributed by atoms with Crippen LogP contribution in [0.15, 0.2) is 28.2 Å². The number of benzene rings is 1. The van der Waals surface area contributed by atoms with Gasteiger partial charge in [0.05, 0.1) is 6.61 Å². The topological polar surface area (TPSA) is 21.3 Å². The number of ether oxygens (including phenoxy) is 1. The van der Waals surface area contributed by atoms with Gasteiger partial charge in [-0.3, -0.25) is 0 Å². The van der Waals surface area contributed by atoms with Gasteiger partial charge < -0.3 is 10.1 Å². The first-order chi connectivity index (χ1) is 9.71. The van der Waals surface area contributed by atoms with Crippen molar-refractivity contribution in [1.82, 2.24) is 5.32 Å². The van der Waals surface area contributed by atoms with Gasteiger partial charge in [0.2, 0.25) is 0 Å².